The van der Waals surface area contributed by atoms with Crippen LogP contribution >= 0.6 is 0 Å². The molecule has 10 nitrogen and oxygen atoms in total. The third-order valence-corrected chi connectivity index (χ3v) is 6.60. The van der Waals surface area contributed by atoms with Gasteiger partial charge in [-0.15, -0.1) is 18.3 Å². The van der Waals surface area contributed by atoms with Gasteiger partial charge in [0.05, 0.1) is 11.7 Å². The number of carbonyl (C=O) groups is 2. The summed E-state index contributed by atoms with van der Waals surface area (Å²) in [7, 11) is 0. The molecule has 5 rings (SSSR count). The Kier molecular flexibility index (Phi) is 8.38. The molecule has 0 unspecified atom stereocenters. The molecule has 1 fully saturated rings. The monoisotopic (exact) mass is 579 g/mol. The molecule has 1 atom stereocenters. The van der Waals surface area contributed by atoms with E-state index in [1.165, 1.54) is 16.8 Å². The molecular formula is C29H28F3N7O3. The summed E-state index contributed by atoms with van der Waals surface area (Å²) in [4.78, 5) is 29.6. The number of rotatable bonds is 9. The fourth-order valence-corrected chi connectivity index (χ4v) is 4.42. The maximum Gasteiger partial charge on any atom is 0.573 e. The van der Waals surface area contributed by atoms with Crippen LogP contribution in [0.5, 0.6) is 5.75 Å². The standard InChI is InChI=1S/C29H28F3N7O3/c1-18-5-2-3-6-23(18)35-28-37-27(38-39(28)21-12-14-22(15-13-21)42-29(30,31)32)36-25(40)20-10-8-19(9-11-20)17-34-26(41)24-7-4-16-33-24/h2-3,5-6,8-15,24,33H,4,7,16-17H2,1H3,(H,34,41)(H2,35,36,37,38,40)/t24-/m0/s1. The molecule has 13 heteroatoms. The first-order valence-electron chi connectivity index (χ1n) is 13.2. The molecule has 3 aromatic carbocycles. The average Bonchev–Trinajstić information content (AvgIpc) is 3.64. The molecule has 0 aliphatic carbocycles. The summed E-state index contributed by atoms with van der Waals surface area (Å²) < 4.78 is 43.1. The molecule has 1 aliphatic heterocycles. The van der Waals surface area contributed by atoms with Crippen LogP contribution in [0.4, 0.5) is 30.8 Å². The Hall–Kier alpha value is -4.91. The van der Waals surface area contributed by atoms with Crippen molar-refractivity contribution in [1.29, 1.82) is 0 Å². The number of para-hydroxylation sites is 1. The first kappa shape index (κ1) is 28.6. The van der Waals surface area contributed by atoms with Gasteiger partial charge in [0.15, 0.2) is 0 Å². The van der Waals surface area contributed by atoms with Crippen LogP contribution in [0.15, 0.2) is 72.8 Å². The van der Waals surface area contributed by atoms with Gasteiger partial charge >= 0.3 is 6.36 Å². The van der Waals surface area contributed by atoms with Gasteiger partial charge in [-0.3, -0.25) is 14.9 Å². The molecule has 42 heavy (non-hydrogen) atoms. The maximum absolute atomic E-state index is 13.0. The Morgan fingerprint density at radius 1 is 1.05 bits per heavy atom. The van der Waals surface area contributed by atoms with Gasteiger partial charge in [-0.05, 0) is 79.9 Å². The molecule has 0 spiro atoms. The first-order valence-corrected chi connectivity index (χ1v) is 13.2. The summed E-state index contributed by atoms with van der Waals surface area (Å²) in [6.45, 7) is 3.07. The van der Waals surface area contributed by atoms with Crippen molar-refractivity contribution < 1.29 is 27.5 Å². The zero-order valence-electron chi connectivity index (χ0n) is 22.5. The lowest BCUT2D eigenvalue weighted by atomic mass is 10.1. The SMILES string of the molecule is Cc1ccccc1Nc1nc(NC(=O)c2ccc(CNC(=O)[C@@H]3CCCN3)cc2)nn1-c1ccc(OC(F)(F)F)cc1. The van der Waals surface area contributed by atoms with E-state index in [2.05, 4.69) is 36.1 Å². The molecule has 0 radical (unpaired) electrons. The quantitative estimate of drug-likeness (QED) is 0.224. The van der Waals surface area contributed by atoms with Crippen molar-refractivity contribution in [2.45, 2.75) is 38.7 Å². The number of anilines is 3. The minimum absolute atomic E-state index is 0.0212. The Balaban J connectivity index is 1.31. The van der Waals surface area contributed by atoms with Crippen LogP contribution < -0.4 is 26.0 Å². The summed E-state index contributed by atoms with van der Waals surface area (Å²) in [5, 5.41) is 16.3. The van der Waals surface area contributed by atoms with E-state index in [0.29, 0.717) is 17.8 Å². The molecule has 2 heterocycles. The van der Waals surface area contributed by atoms with Crippen LogP contribution in [0.3, 0.4) is 0 Å². The van der Waals surface area contributed by atoms with Crippen molar-refractivity contribution in [1.82, 2.24) is 25.4 Å². The van der Waals surface area contributed by atoms with Crippen LogP contribution in [0.25, 0.3) is 5.69 Å². The van der Waals surface area contributed by atoms with Crippen LogP contribution in [-0.4, -0.2) is 45.5 Å². The second-order valence-corrected chi connectivity index (χ2v) is 9.67. The third kappa shape index (κ3) is 7.23. The summed E-state index contributed by atoms with van der Waals surface area (Å²) >= 11 is 0. The van der Waals surface area contributed by atoms with Crippen LogP contribution in [0.2, 0.25) is 0 Å². The number of aromatic nitrogens is 3. The van der Waals surface area contributed by atoms with Crippen molar-refractivity contribution >= 4 is 29.4 Å². The van der Waals surface area contributed by atoms with Gasteiger partial charge in [0.2, 0.25) is 11.9 Å². The number of carbonyl (C=O) groups excluding carboxylic acids is 2. The number of hydrogen-bond donors (Lipinski definition) is 4. The van der Waals surface area contributed by atoms with Crippen LogP contribution in [-0.2, 0) is 11.3 Å². The van der Waals surface area contributed by atoms with E-state index < -0.39 is 12.3 Å². The van der Waals surface area contributed by atoms with E-state index in [-0.39, 0.29) is 29.6 Å². The van der Waals surface area contributed by atoms with E-state index in [4.69, 9.17) is 0 Å². The maximum atomic E-state index is 13.0. The molecule has 4 aromatic rings. The third-order valence-electron chi connectivity index (χ3n) is 6.60. The molecule has 0 saturated carbocycles. The van der Waals surface area contributed by atoms with Gasteiger partial charge in [0.1, 0.15) is 5.75 Å². The molecular weight excluding hydrogens is 551 g/mol. The zero-order chi connectivity index (χ0) is 29.7. The average molecular weight is 580 g/mol. The molecule has 2 amide bonds. The fraction of sp³-hybridized carbons (Fsp3) is 0.241. The lowest BCUT2D eigenvalue weighted by Gasteiger charge is -2.11. The number of amides is 2. The number of benzene rings is 3. The molecule has 218 valence electrons. The zero-order valence-corrected chi connectivity index (χ0v) is 22.5. The van der Waals surface area contributed by atoms with E-state index in [9.17, 15) is 22.8 Å². The van der Waals surface area contributed by atoms with E-state index in [1.807, 2.05) is 31.2 Å². The van der Waals surface area contributed by atoms with Gasteiger partial charge in [-0.25, -0.2) is 0 Å². The van der Waals surface area contributed by atoms with Crippen LogP contribution in [0, 0.1) is 6.92 Å². The summed E-state index contributed by atoms with van der Waals surface area (Å²) in [6, 6.07) is 19.2. The van der Waals surface area contributed by atoms with E-state index >= 15 is 0 Å². The van der Waals surface area contributed by atoms with Crippen molar-refractivity contribution in [3.8, 4) is 11.4 Å². The highest BCUT2D eigenvalue weighted by Crippen LogP contribution is 2.27. The summed E-state index contributed by atoms with van der Waals surface area (Å²) in [6.07, 6.45) is -3.03. The number of hydrogen-bond acceptors (Lipinski definition) is 7. The predicted octanol–water partition coefficient (Wildman–Crippen LogP) is 4.84. The molecule has 1 aromatic heterocycles. The Morgan fingerprint density at radius 2 is 1.79 bits per heavy atom. The first-order chi connectivity index (χ1) is 20.1. The summed E-state index contributed by atoms with van der Waals surface area (Å²) in [5.74, 6) is -0.687. The topological polar surface area (TPSA) is 122 Å². The largest absolute Gasteiger partial charge is 0.573 e. The van der Waals surface area contributed by atoms with Crippen molar-refractivity contribution in [2.75, 3.05) is 17.2 Å². The van der Waals surface area contributed by atoms with Gasteiger partial charge < -0.3 is 20.7 Å². The number of halogens is 3. The second-order valence-electron chi connectivity index (χ2n) is 9.67. The van der Waals surface area contributed by atoms with Gasteiger partial charge in [0.25, 0.3) is 11.9 Å². The van der Waals surface area contributed by atoms with E-state index in [1.54, 1.807) is 24.3 Å². The Labute approximate surface area is 239 Å². The number of nitrogens with one attached hydrogen (secondary N) is 4. The molecule has 1 aliphatic rings. The number of nitrogens with zero attached hydrogens (tertiary/aromatic N) is 3. The van der Waals surface area contributed by atoms with Crippen molar-refractivity contribution in [2.24, 2.45) is 0 Å². The highest BCUT2D eigenvalue weighted by molar-refractivity contribution is 6.03. The number of alkyl halides is 3. The molecule has 1 saturated heterocycles. The number of ether oxygens (including phenoxy) is 1. The Morgan fingerprint density at radius 3 is 2.45 bits per heavy atom. The minimum atomic E-state index is -4.82. The molecule has 0 bridgehead atoms. The van der Waals surface area contributed by atoms with Gasteiger partial charge in [-0.2, -0.15) is 9.67 Å². The van der Waals surface area contributed by atoms with Crippen molar-refractivity contribution in [3.05, 3.63) is 89.5 Å². The van der Waals surface area contributed by atoms with Gasteiger partial charge in [0, 0.05) is 17.8 Å². The normalized spacial score (nSPS) is 14.8. The highest BCUT2D eigenvalue weighted by atomic mass is 19.4. The Bertz CT molecular complexity index is 1550. The lowest BCUT2D eigenvalue weighted by molar-refractivity contribution is -0.274. The number of aryl methyl sites for hydroxylation is 1. The summed E-state index contributed by atoms with van der Waals surface area (Å²) in [5.41, 5.74) is 3.21. The van der Waals surface area contributed by atoms with Crippen LogP contribution in [0.1, 0.15) is 34.3 Å². The van der Waals surface area contributed by atoms with Crippen molar-refractivity contribution in [3.63, 3.8) is 0 Å². The minimum Gasteiger partial charge on any atom is -0.406 e. The predicted molar refractivity (Wildman–Crippen MR) is 150 cm³/mol. The van der Waals surface area contributed by atoms with E-state index in [0.717, 1.165) is 48.3 Å². The van der Waals surface area contributed by atoms with Gasteiger partial charge in [-0.1, -0.05) is 30.3 Å². The lowest BCUT2D eigenvalue weighted by Crippen LogP contribution is -2.39. The highest BCUT2D eigenvalue weighted by Gasteiger charge is 2.31. The smallest absolute Gasteiger partial charge is 0.406 e. The molecule has 4 N–H and O–H groups in total. The fourth-order valence-electron chi connectivity index (χ4n) is 4.42. The second kappa shape index (κ2) is 12.3.